The van der Waals surface area contributed by atoms with Crippen LogP contribution in [0, 0.1) is 0 Å². The third kappa shape index (κ3) is 7.28. The second-order valence-electron chi connectivity index (χ2n) is 2.57. The van der Waals surface area contributed by atoms with Crippen LogP contribution in [0.2, 0.25) is 0 Å². The molecule has 0 aromatic heterocycles. The number of nitrogens with two attached hydrogens (primary N) is 1. The highest BCUT2D eigenvalue weighted by Crippen LogP contribution is 1.99. The van der Waals surface area contributed by atoms with E-state index in [1.54, 1.807) is 6.08 Å². The summed E-state index contributed by atoms with van der Waals surface area (Å²) in [5.41, 5.74) is 5.30. The van der Waals surface area contributed by atoms with E-state index in [-0.39, 0.29) is 5.97 Å². The highest BCUT2D eigenvalue weighted by Gasteiger charge is 1.99. The van der Waals surface area contributed by atoms with Crippen LogP contribution in [0.25, 0.3) is 0 Å². The van der Waals surface area contributed by atoms with Crippen LogP contribution in [-0.4, -0.2) is 19.1 Å². The zero-order valence-corrected chi connectivity index (χ0v) is 7.42. The quantitative estimate of drug-likeness (QED) is 0.356. The SMILES string of the molecule is C=CCOC(=O)CCCCCN. The molecule has 0 fully saturated rings. The monoisotopic (exact) mass is 171 g/mol. The molecule has 0 rings (SSSR count). The van der Waals surface area contributed by atoms with Gasteiger partial charge in [0.25, 0.3) is 0 Å². The number of hydrogen-bond donors (Lipinski definition) is 1. The summed E-state index contributed by atoms with van der Waals surface area (Å²) in [6.07, 6.45) is 4.91. The number of hydrogen-bond acceptors (Lipinski definition) is 3. The van der Waals surface area contributed by atoms with Gasteiger partial charge in [0, 0.05) is 6.42 Å². The molecule has 0 spiro atoms. The Morgan fingerprint density at radius 1 is 1.42 bits per heavy atom. The topological polar surface area (TPSA) is 52.3 Å². The molecule has 0 heterocycles. The fourth-order valence-corrected chi connectivity index (χ4v) is 0.814. The van der Waals surface area contributed by atoms with Gasteiger partial charge < -0.3 is 10.5 Å². The molecule has 0 aromatic carbocycles. The minimum atomic E-state index is -0.146. The summed E-state index contributed by atoms with van der Waals surface area (Å²) in [7, 11) is 0. The molecule has 0 aliphatic heterocycles. The van der Waals surface area contributed by atoms with Crippen molar-refractivity contribution in [3.63, 3.8) is 0 Å². The van der Waals surface area contributed by atoms with Crippen molar-refractivity contribution >= 4 is 5.97 Å². The zero-order valence-electron chi connectivity index (χ0n) is 7.42. The molecule has 0 radical (unpaired) electrons. The Hall–Kier alpha value is -0.830. The van der Waals surface area contributed by atoms with Crippen molar-refractivity contribution in [1.82, 2.24) is 0 Å². The first-order chi connectivity index (χ1) is 5.81. The smallest absolute Gasteiger partial charge is 0.306 e. The van der Waals surface area contributed by atoms with Gasteiger partial charge in [-0.1, -0.05) is 19.1 Å². The highest BCUT2D eigenvalue weighted by molar-refractivity contribution is 5.69. The summed E-state index contributed by atoms with van der Waals surface area (Å²) in [5, 5.41) is 0. The van der Waals surface area contributed by atoms with E-state index in [1.165, 1.54) is 0 Å². The Morgan fingerprint density at radius 2 is 2.17 bits per heavy atom. The Labute approximate surface area is 73.6 Å². The largest absolute Gasteiger partial charge is 0.461 e. The molecule has 0 aliphatic rings. The van der Waals surface area contributed by atoms with E-state index >= 15 is 0 Å². The Morgan fingerprint density at radius 3 is 2.75 bits per heavy atom. The summed E-state index contributed by atoms with van der Waals surface area (Å²) < 4.78 is 4.78. The van der Waals surface area contributed by atoms with Crippen molar-refractivity contribution in [2.45, 2.75) is 25.7 Å². The molecule has 3 nitrogen and oxygen atoms in total. The van der Waals surface area contributed by atoms with Crippen LogP contribution >= 0.6 is 0 Å². The molecule has 0 atom stereocenters. The number of ether oxygens (including phenoxy) is 1. The Bertz CT molecular complexity index is 134. The fourth-order valence-electron chi connectivity index (χ4n) is 0.814. The zero-order chi connectivity index (χ0) is 9.23. The molecule has 12 heavy (non-hydrogen) atoms. The van der Waals surface area contributed by atoms with Gasteiger partial charge in [-0.15, -0.1) is 0 Å². The van der Waals surface area contributed by atoms with Crippen molar-refractivity contribution in [2.75, 3.05) is 13.2 Å². The van der Waals surface area contributed by atoms with E-state index in [2.05, 4.69) is 6.58 Å². The van der Waals surface area contributed by atoms with Crippen molar-refractivity contribution in [2.24, 2.45) is 5.73 Å². The number of unbranched alkanes of at least 4 members (excludes halogenated alkanes) is 2. The van der Waals surface area contributed by atoms with Crippen LogP contribution < -0.4 is 5.73 Å². The molecular weight excluding hydrogens is 154 g/mol. The third-order valence-electron chi connectivity index (χ3n) is 1.45. The van der Waals surface area contributed by atoms with Gasteiger partial charge in [0.05, 0.1) is 0 Å². The first kappa shape index (κ1) is 11.2. The first-order valence-electron chi connectivity index (χ1n) is 4.28. The summed E-state index contributed by atoms with van der Waals surface area (Å²) in [6, 6.07) is 0. The summed E-state index contributed by atoms with van der Waals surface area (Å²) >= 11 is 0. The molecule has 0 saturated heterocycles. The van der Waals surface area contributed by atoms with Gasteiger partial charge in [-0.05, 0) is 19.4 Å². The molecule has 70 valence electrons. The molecule has 2 N–H and O–H groups in total. The Kier molecular flexibility index (Phi) is 7.70. The number of carbonyl (C=O) groups excluding carboxylic acids is 1. The highest BCUT2D eigenvalue weighted by atomic mass is 16.5. The van der Waals surface area contributed by atoms with Crippen LogP contribution in [0.3, 0.4) is 0 Å². The van der Waals surface area contributed by atoms with Crippen molar-refractivity contribution in [1.29, 1.82) is 0 Å². The summed E-state index contributed by atoms with van der Waals surface area (Å²) in [6.45, 7) is 4.46. The fraction of sp³-hybridized carbons (Fsp3) is 0.667. The lowest BCUT2D eigenvalue weighted by Crippen LogP contribution is -2.04. The number of rotatable bonds is 7. The van der Waals surface area contributed by atoms with Crippen LogP contribution in [0.15, 0.2) is 12.7 Å². The van der Waals surface area contributed by atoms with Crippen LogP contribution in [0.4, 0.5) is 0 Å². The van der Waals surface area contributed by atoms with E-state index in [4.69, 9.17) is 10.5 Å². The van der Waals surface area contributed by atoms with Gasteiger partial charge in [0.2, 0.25) is 0 Å². The van der Waals surface area contributed by atoms with E-state index in [0.717, 1.165) is 19.3 Å². The maximum absolute atomic E-state index is 10.9. The summed E-state index contributed by atoms with van der Waals surface area (Å²) in [4.78, 5) is 10.9. The second kappa shape index (κ2) is 8.27. The Balaban J connectivity index is 3.13. The third-order valence-corrected chi connectivity index (χ3v) is 1.45. The molecule has 0 saturated carbocycles. The van der Waals surface area contributed by atoms with Gasteiger partial charge in [0.1, 0.15) is 6.61 Å². The lowest BCUT2D eigenvalue weighted by Gasteiger charge is -2.00. The van der Waals surface area contributed by atoms with Crippen molar-refractivity contribution in [3.05, 3.63) is 12.7 Å². The molecule has 0 aliphatic carbocycles. The summed E-state index contributed by atoms with van der Waals surface area (Å²) in [5.74, 6) is -0.146. The van der Waals surface area contributed by atoms with Gasteiger partial charge in [0.15, 0.2) is 0 Å². The van der Waals surface area contributed by atoms with E-state index in [1.807, 2.05) is 0 Å². The van der Waals surface area contributed by atoms with Crippen LogP contribution in [-0.2, 0) is 9.53 Å². The molecule has 3 heteroatoms. The van der Waals surface area contributed by atoms with Gasteiger partial charge >= 0.3 is 5.97 Å². The van der Waals surface area contributed by atoms with E-state index in [9.17, 15) is 4.79 Å². The van der Waals surface area contributed by atoms with E-state index < -0.39 is 0 Å². The maximum atomic E-state index is 10.9. The average molecular weight is 171 g/mol. The number of carbonyl (C=O) groups is 1. The van der Waals surface area contributed by atoms with Gasteiger partial charge in [-0.25, -0.2) is 0 Å². The predicted molar refractivity (Wildman–Crippen MR) is 48.7 cm³/mol. The minimum Gasteiger partial charge on any atom is -0.461 e. The maximum Gasteiger partial charge on any atom is 0.306 e. The molecule has 0 unspecified atom stereocenters. The number of esters is 1. The first-order valence-corrected chi connectivity index (χ1v) is 4.28. The molecule has 0 aromatic rings. The normalized spacial score (nSPS) is 9.42. The van der Waals surface area contributed by atoms with Crippen molar-refractivity contribution < 1.29 is 9.53 Å². The molecule has 0 amide bonds. The average Bonchev–Trinajstić information content (AvgIpc) is 2.09. The lowest BCUT2D eigenvalue weighted by molar-refractivity contribution is -0.142. The molecule has 0 bridgehead atoms. The minimum absolute atomic E-state index is 0.146. The predicted octanol–water partition coefficient (Wildman–Crippen LogP) is 1.23. The van der Waals surface area contributed by atoms with E-state index in [0.29, 0.717) is 19.6 Å². The van der Waals surface area contributed by atoms with Crippen LogP contribution in [0.5, 0.6) is 0 Å². The van der Waals surface area contributed by atoms with Crippen molar-refractivity contribution in [3.8, 4) is 0 Å². The standard InChI is InChI=1S/C9H17NO2/c1-2-8-12-9(11)6-4-3-5-7-10/h2H,1,3-8,10H2. The van der Waals surface area contributed by atoms with Gasteiger partial charge in [-0.2, -0.15) is 0 Å². The van der Waals surface area contributed by atoms with Crippen LogP contribution in [0.1, 0.15) is 25.7 Å². The second-order valence-corrected chi connectivity index (χ2v) is 2.57. The lowest BCUT2D eigenvalue weighted by atomic mass is 10.2. The van der Waals surface area contributed by atoms with Gasteiger partial charge in [-0.3, -0.25) is 4.79 Å². The molecular formula is C9H17NO2.